The molecule has 1 N–H and O–H groups in total. The molecule has 2 amide bonds. The van der Waals surface area contributed by atoms with Crippen LogP contribution in [0.25, 0.3) is 0 Å². The van der Waals surface area contributed by atoms with E-state index in [1.54, 1.807) is 29.3 Å². The SMILES string of the molecule is Cc1ccc(O[C@@H]2CCN(C(=O)Nc3ccc(Cl)c(Cl)c3)C2)nc1. The summed E-state index contributed by atoms with van der Waals surface area (Å²) in [5.74, 6) is 0.581. The Morgan fingerprint density at radius 1 is 1.29 bits per heavy atom. The highest BCUT2D eigenvalue weighted by atomic mass is 35.5. The van der Waals surface area contributed by atoms with Crippen molar-refractivity contribution in [3.05, 3.63) is 52.1 Å². The third-order valence-electron chi connectivity index (χ3n) is 3.77. The van der Waals surface area contributed by atoms with E-state index in [1.807, 2.05) is 19.1 Å². The van der Waals surface area contributed by atoms with Crippen LogP contribution in [-0.2, 0) is 0 Å². The Bertz CT molecular complexity index is 737. The molecule has 0 spiro atoms. The van der Waals surface area contributed by atoms with E-state index in [-0.39, 0.29) is 12.1 Å². The molecule has 5 nitrogen and oxygen atoms in total. The number of amides is 2. The zero-order valence-corrected chi connectivity index (χ0v) is 14.6. The van der Waals surface area contributed by atoms with Gasteiger partial charge in [-0.2, -0.15) is 0 Å². The summed E-state index contributed by atoms with van der Waals surface area (Å²) < 4.78 is 5.82. The first-order valence-corrected chi connectivity index (χ1v) is 8.37. The Balaban J connectivity index is 1.55. The molecular formula is C17H17Cl2N3O2. The zero-order valence-electron chi connectivity index (χ0n) is 13.1. The number of aryl methyl sites for hydroxylation is 1. The third kappa shape index (κ3) is 4.10. The van der Waals surface area contributed by atoms with E-state index in [0.29, 0.717) is 34.7 Å². The van der Waals surface area contributed by atoms with Crippen molar-refractivity contribution in [2.45, 2.75) is 19.4 Å². The van der Waals surface area contributed by atoms with Gasteiger partial charge in [0.1, 0.15) is 6.10 Å². The molecule has 2 aromatic rings. The molecule has 1 aromatic carbocycles. The summed E-state index contributed by atoms with van der Waals surface area (Å²) in [6.07, 6.45) is 2.48. The van der Waals surface area contributed by atoms with Crippen LogP contribution < -0.4 is 10.1 Å². The summed E-state index contributed by atoms with van der Waals surface area (Å²) >= 11 is 11.8. The lowest BCUT2D eigenvalue weighted by Crippen LogP contribution is -2.34. The number of likely N-dealkylation sites (tertiary alicyclic amines) is 1. The van der Waals surface area contributed by atoms with Crippen molar-refractivity contribution in [2.24, 2.45) is 0 Å². The topological polar surface area (TPSA) is 54.5 Å². The van der Waals surface area contributed by atoms with Gasteiger partial charge in [0.05, 0.1) is 16.6 Å². The summed E-state index contributed by atoms with van der Waals surface area (Å²) in [7, 11) is 0. The average molecular weight is 366 g/mol. The van der Waals surface area contributed by atoms with Crippen LogP contribution >= 0.6 is 23.2 Å². The van der Waals surface area contributed by atoms with Crippen LogP contribution in [-0.4, -0.2) is 35.1 Å². The van der Waals surface area contributed by atoms with Gasteiger partial charge in [0, 0.05) is 30.9 Å². The number of hydrogen-bond donors (Lipinski definition) is 1. The molecule has 0 unspecified atom stereocenters. The van der Waals surface area contributed by atoms with E-state index in [0.717, 1.165) is 12.0 Å². The number of anilines is 1. The van der Waals surface area contributed by atoms with Crippen LogP contribution in [0.15, 0.2) is 36.5 Å². The van der Waals surface area contributed by atoms with E-state index >= 15 is 0 Å². The fourth-order valence-corrected chi connectivity index (χ4v) is 2.78. The smallest absolute Gasteiger partial charge is 0.321 e. The Hall–Kier alpha value is -1.98. The second kappa shape index (κ2) is 7.28. The number of urea groups is 1. The minimum atomic E-state index is -0.184. The van der Waals surface area contributed by atoms with E-state index < -0.39 is 0 Å². The minimum absolute atomic E-state index is 0.0558. The van der Waals surface area contributed by atoms with Gasteiger partial charge in [-0.3, -0.25) is 0 Å². The number of carbonyl (C=O) groups excluding carboxylic acids is 1. The van der Waals surface area contributed by atoms with Crippen molar-refractivity contribution in [1.29, 1.82) is 0 Å². The lowest BCUT2D eigenvalue weighted by molar-refractivity contribution is 0.190. The normalized spacial score (nSPS) is 17.0. The summed E-state index contributed by atoms with van der Waals surface area (Å²) in [5.41, 5.74) is 1.69. The number of rotatable bonds is 3. The molecule has 1 aliphatic heterocycles. The van der Waals surface area contributed by atoms with Crippen molar-refractivity contribution in [2.75, 3.05) is 18.4 Å². The molecule has 126 valence electrons. The minimum Gasteiger partial charge on any atom is -0.472 e. The van der Waals surface area contributed by atoms with Crippen LogP contribution in [0, 0.1) is 6.92 Å². The third-order valence-corrected chi connectivity index (χ3v) is 4.51. The highest BCUT2D eigenvalue weighted by Crippen LogP contribution is 2.25. The molecule has 0 bridgehead atoms. The number of pyridine rings is 1. The van der Waals surface area contributed by atoms with E-state index in [4.69, 9.17) is 27.9 Å². The van der Waals surface area contributed by atoms with Crippen molar-refractivity contribution < 1.29 is 9.53 Å². The molecule has 1 aliphatic rings. The van der Waals surface area contributed by atoms with Crippen molar-refractivity contribution >= 4 is 34.9 Å². The Kier molecular flexibility index (Phi) is 5.11. The van der Waals surface area contributed by atoms with Crippen molar-refractivity contribution in [3.8, 4) is 5.88 Å². The predicted molar refractivity (Wildman–Crippen MR) is 95.1 cm³/mol. The van der Waals surface area contributed by atoms with Crippen LogP contribution in [0.3, 0.4) is 0 Å². The van der Waals surface area contributed by atoms with Crippen LogP contribution in [0.5, 0.6) is 5.88 Å². The van der Waals surface area contributed by atoms with Crippen LogP contribution in [0.2, 0.25) is 10.0 Å². The summed E-state index contributed by atoms with van der Waals surface area (Å²) in [6.45, 7) is 3.12. The summed E-state index contributed by atoms with van der Waals surface area (Å²) in [4.78, 5) is 18.3. The van der Waals surface area contributed by atoms with Gasteiger partial charge in [0.2, 0.25) is 5.88 Å². The predicted octanol–water partition coefficient (Wildman–Crippen LogP) is 4.38. The van der Waals surface area contributed by atoms with Gasteiger partial charge in [0.25, 0.3) is 0 Å². The van der Waals surface area contributed by atoms with Gasteiger partial charge in [-0.1, -0.05) is 29.3 Å². The van der Waals surface area contributed by atoms with E-state index in [9.17, 15) is 4.79 Å². The first-order chi connectivity index (χ1) is 11.5. The first kappa shape index (κ1) is 16.9. The van der Waals surface area contributed by atoms with Gasteiger partial charge in [-0.25, -0.2) is 9.78 Å². The molecule has 1 fully saturated rings. The fourth-order valence-electron chi connectivity index (χ4n) is 2.48. The molecule has 0 saturated carbocycles. The fraction of sp³-hybridized carbons (Fsp3) is 0.294. The van der Waals surface area contributed by atoms with Gasteiger partial charge in [-0.15, -0.1) is 0 Å². The lowest BCUT2D eigenvalue weighted by atomic mass is 10.3. The Morgan fingerprint density at radius 2 is 2.12 bits per heavy atom. The molecule has 7 heteroatoms. The average Bonchev–Trinajstić information content (AvgIpc) is 3.02. The maximum atomic E-state index is 12.3. The number of carbonyl (C=O) groups is 1. The molecule has 0 radical (unpaired) electrons. The number of nitrogens with zero attached hydrogens (tertiary/aromatic N) is 2. The van der Waals surface area contributed by atoms with Crippen molar-refractivity contribution in [1.82, 2.24) is 9.88 Å². The highest BCUT2D eigenvalue weighted by molar-refractivity contribution is 6.42. The van der Waals surface area contributed by atoms with Crippen molar-refractivity contribution in [3.63, 3.8) is 0 Å². The quantitative estimate of drug-likeness (QED) is 0.877. The second-order valence-corrected chi connectivity index (χ2v) is 6.52. The highest BCUT2D eigenvalue weighted by Gasteiger charge is 2.28. The molecule has 2 heterocycles. The monoisotopic (exact) mass is 365 g/mol. The molecule has 24 heavy (non-hydrogen) atoms. The summed E-state index contributed by atoms with van der Waals surface area (Å²) in [5, 5.41) is 3.68. The second-order valence-electron chi connectivity index (χ2n) is 5.71. The largest absolute Gasteiger partial charge is 0.472 e. The van der Waals surface area contributed by atoms with Crippen LogP contribution in [0.4, 0.5) is 10.5 Å². The number of halogens is 2. The standard InChI is InChI=1S/C17H17Cl2N3O2/c1-11-2-5-16(20-9-11)24-13-6-7-22(10-13)17(23)21-12-3-4-14(18)15(19)8-12/h2-5,8-9,13H,6-7,10H2,1H3,(H,21,23)/t13-/m1/s1. The number of hydrogen-bond acceptors (Lipinski definition) is 3. The number of ether oxygens (including phenoxy) is 1. The Morgan fingerprint density at radius 3 is 2.83 bits per heavy atom. The molecule has 1 atom stereocenters. The molecule has 0 aliphatic carbocycles. The molecule has 1 aromatic heterocycles. The maximum Gasteiger partial charge on any atom is 0.321 e. The Labute approximate surface area is 150 Å². The van der Waals surface area contributed by atoms with Gasteiger partial charge >= 0.3 is 6.03 Å². The van der Waals surface area contributed by atoms with Crippen LogP contribution in [0.1, 0.15) is 12.0 Å². The number of benzene rings is 1. The van der Waals surface area contributed by atoms with E-state index in [2.05, 4.69) is 10.3 Å². The number of nitrogens with one attached hydrogen (secondary N) is 1. The van der Waals surface area contributed by atoms with Gasteiger partial charge in [0.15, 0.2) is 0 Å². The molecular weight excluding hydrogens is 349 g/mol. The number of aromatic nitrogens is 1. The summed E-state index contributed by atoms with van der Waals surface area (Å²) in [6, 6.07) is 8.60. The van der Waals surface area contributed by atoms with Gasteiger partial charge in [-0.05, 0) is 30.7 Å². The zero-order chi connectivity index (χ0) is 17.1. The van der Waals surface area contributed by atoms with Gasteiger partial charge < -0.3 is 15.0 Å². The van der Waals surface area contributed by atoms with E-state index in [1.165, 1.54) is 0 Å². The molecule has 3 rings (SSSR count). The molecule has 1 saturated heterocycles. The first-order valence-electron chi connectivity index (χ1n) is 7.61. The lowest BCUT2D eigenvalue weighted by Gasteiger charge is -2.18. The maximum absolute atomic E-state index is 12.3.